The first-order valence-corrected chi connectivity index (χ1v) is 12.1. The molecule has 0 bridgehead atoms. The maximum Gasteiger partial charge on any atom is 0.188 e. The topological polar surface area (TPSA) is 118 Å². The summed E-state index contributed by atoms with van der Waals surface area (Å²) in [6.07, 6.45) is 4.45. The van der Waals surface area contributed by atoms with E-state index >= 15 is 0 Å². The maximum atomic E-state index is 14.2. The third kappa shape index (κ3) is 4.06. The number of pyridine rings is 1. The summed E-state index contributed by atoms with van der Waals surface area (Å²) >= 11 is 0.883. The van der Waals surface area contributed by atoms with Gasteiger partial charge in [-0.05, 0) is 43.4 Å². The van der Waals surface area contributed by atoms with Crippen molar-refractivity contribution in [3.8, 4) is 10.6 Å². The van der Waals surface area contributed by atoms with E-state index in [9.17, 15) is 18.7 Å². The number of rotatable bonds is 5. The van der Waals surface area contributed by atoms with Gasteiger partial charge in [0.15, 0.2) is 5.78 Å². The molecule has 3 heterocycles. The number of halogens is 2. The van der Waals surface area contributed by atoms with Gasteiger partial charge >= 0.3 is 0 Å². The number of aliphatic hydroxyl groups excluding tert-OH is 1. The molecule has 10 heteroatoms. The number of hydrogen-bond acceptors (Lipinski definition) is 8. The number of aliphatic hydroxyl groups is 1. The summed E-state index contributed by atoms with van der Waals surface area (Å²) in [4.78, 5) is 24.2. The van der Waals surface area contributed by atoms with E-state index in [4.69, 9.17) is 11.5 Å². The highest BCUT2D eigenvalue weighted by Crippen LogP contribution is 2.37. The summed E-state index contributed by atoms with van der Waals surface area (Å²) in [7, 11) is 0. The number of benzene rings is 1. The molecule has 5 N–H and O–H groups in total. The van der Waals surface area contributed by atoms with Crippen molar-refractivity contribution in [1.29, 1.82) is 0 Å². The monoisotopic (exact) mass is 485 g/mol. The van der Waals surface area contributed by atoms with Gasteiger partial charge in [0.1, 0.15) is 27.3 Å². The van der Waals surface area contributed by atoms with E-state index in [0.29, 0.717) is 19.5 Å². The number of nitrogens with zero attached hydrogens (tertiary/aromatic N) is 3. The van der Waals surface area contributed by atoms with Gasteiger partial charge < -0.3 is 21.5 Å². The standard InChI is InChI=1S/C24H25F2N5O2S/c25-14-4-2-5-15(26)20(14)24-30-21(23(28)34-24)19(33)9-12-10-29-17-6-1-3-13(17)22(12)31-8-7-18(32)16(27)11-31/h2,4-5,10,16,18,32H,1,3,6-9,11,27-28H2/t16-,18+/m1/s1. The van der Waals surface area contributed by atoms with E-state index in [-0.39, 0.29) is 39.5 Å². The lowest BCUT2D eigenvalue weighted by Crippen LogP contribution is -2.51. The van der Waals surface area contributed by atoms with Crippen LogP contribution in [0.2, 0.25) is 0 Å². The molecular formula is C24H25F2N5O2S. The number of ketones is 1. The van der Waals surface area contributed by atoms with Crippen molar-refractivity contribution >= 4 is 27.8 Å². The number of aryl methyl sites for hydroxylation is 1. The molecule has 2 atom stereocenters. The third-order valence-corrected chi connectivity index (χ3v) is 7.44. The number of anilines is 2. The molecule has 7 nitrogen and oxygen atoms in total. The lowest BCUT2D eigenvalue weighted by atomic mass is 9.97. The number of fused-ring (bicyclic) bond motifs is 1. The number of nitrogen functional groups attached to an aromatic ring is 1. The van der Waals surface area contributed by atoms with Gasteiger partial charge in [0, 0.05) is 48.7 Å². The van der Waals surface area contributed by atoms with Crippen molar-refractivity contribution in [3.05, 3.63) is 58.5 Å². The normalized spacial score (nSPS) is 19.9. The number of piperidine rings is 1. The number of nitrogens with two attached hydrogens (primary N) is 2. The van der Waals surface area contributed by atoms with Crippen LogP contribution >= 0.6 is 11.3 Å². The van der Waals surface area contributed by atoms with Crippen molar-refractivity contribution < 1.29 is 18.7 Å². The van der Waals surface area contributed by atoms with E-state index in [1.165, 1.54) is 6.07 Å². The predicted octanol–water partition coefficient (Wildman–Crippen LogP) is 2.88. The van der Waals surface area contributed by atoms with Crippen LogP contribution in [0.15, 0.2) is 24.4 Å². The average molecular weight is 486 g/mol. The number of hydrogen-bond donors (Lipinski definition) is 3. The molecule has 2 aliphatic rings. The van der Waals surface area contributed by atoms with Crippen molar-refractivity contribution in [2.24, 2.45) is 5.73 Å². The van der Waals surface area contributed by atoms with E-state index in [1.54, 1.807) is 6.20 Å². The summed E-state index contributed by atoms with van der Waals surface area (Å²) in [5, 5.41) is 10.2. The van der Waals surface area contributed by atoms with Crippen LogP contribution in [0.4, 0.5) is 19.5 Å². The molecule has 0 saturated carbocycles. The zero-order valence-corrected chi connectivity index (χ0v) is 19.2. The van der Waals surface area contributed by atoms with Gasteiger partial charge in [-0.2, -0.15) is 0 Å². The van der Waals surface area contributed by atoms with E-state index in [0.717, 1.165) is 65.2 Å². The zero-order chi connectivity index (χ0) is 24.0. The Morgan fingerprint density at radius 1 is 1.26 bits per heavy atom. The number of aromatic nitrogens is 2. The zero-order valence-electron chi connectivity index (χ0n) is 18.4. The van der Waals surface area contributed by atoms with Crippen molar-refractivity contribution in [2.75, 3.05) is 23.7 Å². The lowest BCUT2D eigenvalue weighted by Gasteiger charge is -2.37. The Kier molecular flexibility index (Phi) is 6.05. The number of carbonyl (C=O) groups is 1. The maximum absolute atomic E-state index is 14.2. The van der Waals surface area contributed by atoms with Crippen LogP contribution in [0.1, 0.15) is 40.2 Å². The van der Waals surface area contributed by atoms with Gasteiger partial charge in [0.25, 0.3) is 0 Å². The smallest absolute Gasteiger partial charge is 0.188 e. The number of Topliss-reactive ketones (excluding diaryl/α,β-unsaturated/α-hetero) is 1. The second-order valence-corrected chi connectivity index (χ2v) is 9.84. The first-order chi connectivity index (χ1) is 16.3. The Hall–Kier alpha value is -2.95. The van der Waals surface area contributed by atoms with Gasteiger partial charge in [-0.3, -0.25) is 9.78 Å². The molecule has 34 heavy (non-hydrogen) atoms. The van der Waals surface area contributed by atoms with Crippen molar-refractivity contribution in [2.45, 2.75) is 44.2 Å². The van der Waals surface area contributed by atoms with E-state index in [1.807, 2.05) is 0 Å². The molecule has 1 fully saturated rings. The predicted molar refractivity (Wildman–Crippen MR) is 127 cm³/mol. The van der Waals surface area contributed by atoms with Crippen LogP contribution in [0, 0.1) is 11.6 Å². The first-order valence-electron chi connectivity index (χ1n) is 11.3. The van der Waals surface area contributed by atoms with Crippen molar-refractivity contribution in [1.82, 2.24) is 9.97 Å². The Labute approximate surface area is 199 Å². The summed E-state index contributed by atoms with van der Waals surface area (Å²) in [5.41, 5.74) is 15.7. The highest BCUT2D eigenvalue weighted by atomic mass is 32.1. The molecule has 1 aliphatic heterocycles. The molecular weight excluding hydrogens is 460 g/mol. The molecule has 0 radical (unpaired) electrons. The fraction of sp³-hybridized carbons (Fsp3) is 0.375. The van der Waals surface area contributed by atoms with Crippen LogP contribution < -0.4 is 16.4 Å². The van der Waals surface area contributed by atoms with Gasteiger partial charge in [0.2, 0.25) is 0 Å². The third-order valence-electron chi connectivity index (χ3n) is 6.54. The Balaban J connectivity index is 1.48. The van der Waals surface area contributed by atoms with Crippen LogP contribution in [0.25, 0.3) is 10.6 Å². The molecule has 178 valence electrons. The van der Waals surface area contributed by atoms with Gasteiger partial charge in [0.05, 0.1) is 11.7 Å². The fourth-order valence-corrected chi connectivity index (χ4v) is 5.73. The van der Waals surface area contributed by atoms with Gasteiger partial charge in [-0.1, -0.05) is 17.4 Å². The Bertz CT molecular complexity index is 1240. The first kappa shape index (κ1) is 22.8. The molecule has 1 saturated heterocycles. The second-order valence-electron chi connectivity index (χ2n) is 8.81. The molecule has 2 aromatic heterocycles. The fourth-order valence-electron chi connectivity index (χ4n) is 4.83. The SMILES string of the molecule is Nc1sc(-c2c(F)cccc2F)nc1C(=O)Cc1cnc2c(c1N1CC[C@H](O)[C@H](N)C1)CCC2. The summed E-state index contributed by atoms with van der Waals surface area (Å²) in [6.45, 7) is 1.11. The Morgan fingerprint density at radius 2 is 2.03 bits per heavy atom. The summed E-state index contributed by atoms with van der Waals surface area (Å²) in [6, 6.07) is 3.17. The number of carbonyl (C=O) groups excluding carboxylic acids is 1. The van der Waals surface area contributed by atoms with Crippen molar-refractivity contribution in [3.63, 3.8) is 0 Å². The van der Waals surface area contributed by atoms with Crippen LogP contribution in [0.5, 0.6) is 0 Å². The molecule has 1 aromatic carbocycles. The number of thiazole rings is 1. The quantitative estimate of drug-likeness (QED) is 0.476. The van der Waals surface area contributed by atoms with Gasteiger partial charge in [-0.15, -0.1) is 0 Å². The Morgan fingerprint density at radius 3 is 2.76 bits per heavy atom. The minimum Gasteiger partial charge on any atom is -0.391 e. The summed E-state index contributed by atoms with van der Waals surface area (Å²) in [5.74, 6) is -1.87. The van der Waals surface area contributed by atoms with E-state index in [2.05, 4.69) is 14.9 Å². The largest absolute Gasteiger partial charge is 0.391 e. The second kappa shape index (κ2) is 9.01. The minimum absolute atomic E-state index is 0.000121. The molecule has 1 aliphatic carbocycles. The van der Waals surface area contributed by atoms with Gasteiger partial charge in [-0.25, -0.2) is 13.8 Å². The minimum atomic E-state index is -0.763. The molecule has 0 spiro atoms. The van der Waals surface area contributed by atoms with E-state index < -0.39 is 17.7 Å². The summed E-state index contributed by atoms with van der Waals surface area (Å²) < 4.78 is 28.5. The molecule has 3 aromatic rings. The average Bonchev–Trinajstić information content (AvgIpc) is 3.42. The molecule has 0 amide bonds. The lowest BCUT2D eigenvalue weighted by molar-refractivity contribution is 0.0989. The van der Waals surface area contributed by atoms with Crippen LogP contribution in [-0.2, 0) is 19.3 Å². The van der Waals surface area contributed by atoms with Crippen LogP contribution in [-0.4, -0.2) is 46.1 Å². The highest BCUT2D eigenvalue weighted by Gasteiger charge is 2.31. The highest BCUT2D eigenvalue weighted by molar-refractivity contribution is 7.19. The molecule has 5 rings (SSSR count). The molecule has 0 unspecified atom stereocenters. The van der Waals surface area contributed by atoms with Crippen LogP contribution in [0.3, 0.4) is 0 Å².